The number of nitrogen functional groups attached to an aromatic ring is 1. The Hall–Kier alpha value is -1.40. The van der Waals surface area contributed by atoms with E-state index in [1.807, 2.05) is 13.8 Å². The Morgan fingerprint density at radius 3 is 2.89 bits per heavy atom. The normalized spacial score (nSPS) is 18.9. The third-order valence-corrected chi connectivity index (χ3v) is 3.71. The van der Waals surface area contributed by atoms with Crippen LogP contribution in [0.3, 0.4) is 0 Å². The number of aliphatic hydroxyl groups excluding tert-OH is 1. The largest absolute Gasteiger partial charge is 0.396 e. The number of nitrogens with two attached hydrogens (primary N) is 1. The SMILES string of the molecule is Cc1nc(NN)c(C)c(N2CCCC2CCCO)n1. The molecule has 0 amide bonds. The van der Waals surface area contributed by atoms with Gasteiger partial charge in [0.05, 0.1) is 0 Å². The molecule has 2 heterocycles. The van der Waals surface area contributed by atoms with Crippen molar-refractivity contribution < 1.29 is 5.11 Å². The van der Waals surface area contributed by atoms with Gasteiger partial charge in [0.25, 0.3) is 0 Å². The number of nitrogens with zero attached hydrogens (tertiary/aromatic N) is 3. The molecule has 0 aromatic carbocycles. The van der Waals surface area contributed by atoms with Gasteiger partial charge >= 0.3 is 0 Å². The van der Waals surface area contributed by atoms with E-state index in [-0.39, 0.29) is 6.61 Å². The van der Waals surface area contributed by atoms with Gasteiger partial charge in [-0.05, 0) is 39.5 Å². The molecule has 0 radical (unpaired) electrons. The molecular weight excluding hydrogens is 242 g/mol. The summed E-state index contributed by atoms with van der Waals surface area (Å²) < 4.78 is 0. The molecule has 1 aliphatic heterocycles. The van der Waals surface area contributed by atoms with E-state index in [0.29, 0.717) is 11.9 Å². The third kappa shape index (κ3) is 2.96. The van der Waals surface area contributed by atoms with Gasteiger partial charge in [-0.3, -0.25) is 0 Å². The number of anilines is 2. The Bertz CT molecular complexity index is 437. The summed E-state index contributed by atoms with van der Waals surface area (Å²) in [6.45, 7) is 5.13. The van der Waals surface area contributed by atoms with Crippen molar-refractivity contribution in [3.05, 3.63) is 11.4 Å². The van der Waals surface area contributed by atoms with Crippen LogP contribution in [0.5, 0.6) is 0 Å². The van der Waals surface area contributed by atoms with Crippen molar-refractivity contribution in [2.45, 2.75) is 45.6 Å². The topological polar surface area (TPSA) is 87.3 Å². The Morgan fingerprint density at radius 2 is 2.21 bits per heavy atom. The van der Waals surface area contributed by atoms with E-state index in [0.717, 1.165) is 43.0 Å². The van der Waals surface area contributed by atoms with Crippen molar-refractivity contribution in [2.24, 2.45) is 5.84 Å². The molecule has 1 saturated heterocycles. The van der Waals surface area contributed by atoms with Crippen LogP contribution in [0.2, 0.25) is 0 Å². The number of nitrogens with one attached hydrogen (secondary N) is 1. The zero-order valence-corrected chi connectivity index (χ0v) is 11.7. The number of aliphatic hydroxyl groups is 1. The van der Waals surface area contributed by atoms with Crippen molar-refractivity contribution >= 4 is 11.6 Å². The molecule has 0 bridgehead atoms. The highest BCUT2D eigenvalue weighted by Crippen LogP contribution is 2.31. The molecule has 0 saturated carbocycles. The van der Waals surface area contributed by atoms with E-state index >= 15 is 0 Å². The van der Waals surface area contributed by atoms with Gasteiger partial charge in [-0.2, -0.15) is 0 Å². The molecule has 0 spiro atoms. The number of hydrogen-bond acceptors (Lipinski definition) is 6. The lowest BCUT2D eigenvalue weighted by atomic mass is 10.1. The first-order chi connectivity index (χ1) is 9.17. The fraction of sp³-hybridized carbons (Fsp3) is 0.692. The third-order valence-electron chi connectivity index (χ3n) is 3.71. The Balaban J connectivity index is 2.27. The standard InChI is InChI=1S/C13H23N5O/c1-9-12(17-14)15-10(2)16-13(9)18-7-3-5-11(18)6-4-8-19/h11,19H,3-8,14H2,1-2H3,(H,15,16,17). The van der Waals surface area contributed by atoms with Crippen LogP contribution >= 0.6 is 0 Å². The average Bonchev–Trinajstić information content (AvgIpc) is 2.86. The van der Waals surface area contributed by atoms with E-state index in [4.69, 9.17) is 10.9 Å². The number of hydrazine groups is 1. The predicted molar refractivity (Wildman–Crippen MR) is 76.0 cm³/mol. The summed E-state index contributed by atoms with van der Waals surface area (Å²) >= 11 is 0. The van der Waals surface area contributed by atoms with Gasteiger partial charge in [0.1, 0.15) is 17.5 Å². The lowest BCUT2D eigenvalue weighted by Crippen LogP contribution is -2.31. The molecule has 1 unspecified atom stereocenters. The molecule has 6 heteroatoms. The van der Waals surface area contributed by atoms with Crippen LogP contribution in [-0.2, 0) is 0 Å². The zero-order chi connectivity index (χ0) is 13.8. The molecule has 4 N–H and O–H groups in total. The van der Waals surface area contributed by atoms with Gasteiger partial charge in [0, 0.05) is 24.8 Å². The maximum atomic E-state index is 8.99. The van der Waals surface area contributed by atoms with Crippen molar-refractivity contribution in [2.75, 3.05) is 23.5 Å². The molecule has 2 rings (SSSR count). The molecule has 19 heavy (non-hydrogen) atoms. The van der Waals surface area contributed by atoms with E-state index in [9.17, 15) is 0 Å². The minimum absolute atomic E-state index is 0.252. The minimum Gasteiger partial charge on any atom is -0.396 e. The molecule has 1 fully saturated rings. The molecule has 6 nitrogen and oxygen atoms in total. The first kappa shape index (κ1) is 14.0. The fourth-order valence-electron chi connectivity index (χ4n) is 2.78. The smallest absolute Gasteiger partial charge is 0.148 e. The van der Waals surface area contributed by atoms with E-state index < -0.39 is 0 Å². The maximum absolute atomic E-state index is 8.99. The van der Waals surface area contributed by atoms with Crippen molar-refractivity contribution in [3.8, 4) is 0 Å². The van der Waals surface area contributed by atoms with Crippen LogP contribution in [0.25, 0.3) is 0 Å². The Labute approximate surface area is 114 Å². The molecule has 1 aromatic heterocycles. The Morgan fingerprint density at radius 1 is 1.42 bits per heavy atom. The van der Waals surface area contributed by atoms with E-state index in [1.165, 1.54) is 6.42 Å². The van der Waals surface area contributed by atoms with Crippen LogP contribution < -0.4 is 16.2 Å². The van der Waals surface area contributed by atoms with E-state index in [1.54, 1.807) is 0 Å². The molecule has 1 aromatic rings. The summed E-state index contributed by atoms with van der Waals surface area (Å²) in [6, 6.07) is 0.464. The zero-order valence-electron chi connectivity index (χ0n) is 11.7. The molecular formula is C13H23N5O. The second-order valence-electron chi connectivity index (χ2n) is 5.07. The summed E-state index contributed by atoms with van der Waals surface area (Å²) in [7, 11) is 0. The summed E-state index contributed by atoms with van der Waals surface area (Å²) in [6.07, 6.45) is 4.18. The van der Waals surface area contributed by atoms with Gasteiger partial charge in [-0.15, -0.1) is 0 Å². The first-order valence-electron chi connectivity index (χ1n) is 6.86. The minimum atomic E-state index is 0.252. The molecule has 1 aliphatic rings. The fourth-order valence-corrected chi connectivity index (χ4v) is 2.78. The highest BCUT2D eigenvalue weighted by atomic mass is 16.2. The van der Waals surface area contributed by atoms with Gasteiger partial charge in [-0.25, -0.2) is 15.8 Å². The van der Waals surface area contributed by atoms with Crippen molar-refractivity contribution in [1.29, 1.82) is 0 Å². The lowest BCUT2D eigenvalue weighted by Gasteiger charge is -2.27. The number of aromatic nitrogens is 2. The van der Waals surface area contributed by atoms with Gasteiger partial charge in [-0.1, -0.05) is 0 Å². The summed E-state index contributed by atoms with van der Waals surface area (Å²) in [5.74, 6) is 7.90. The van der Waals surface area contributed by atoms with Gasteiger partial charge in [0.15, 0.2) is 0 Å². The average molecular weight is 265 g/mol. The van der Waals surface area contributed by atoms with Crippen LogP contribution in [-0.4, -0.2) is 34.3 Å². The van der Waals surface area contributed by atoms with Crippen LogP contribution in [0.4, 0.5) is 11.6 Å². The molecule has 1 atom stereocenters. The van der Waals surface area contributed by atoms with Crippen molar-refractivity contribution in [1.82, 2.24) is 9.97 Å². The predicted octanol–water partition coefficient (Wildman–Crippen LogP) is 1.12. The molecule has 0 aliphatic carbocycles. The van der Waals surface area contributed by atoms with Gasteiger partial charge in [0.2, 0.25) is 0 Å². The maximum Gasteiger partial charge on any atom is 0.148 e. The summed E-state index contributed by atoms with van der Waals surface area (Å²) in [4.78, 5) is 11.2. The second kappa shape index (κ2) is 6.16. The van der Waals surface area contributed by atoms with Crippen molar-refractivity contribution in [3.63, 3.8) is 0 Å². The van der Waals surface area contributed by atoms with Crippen LogP contribution in [0.1, 0.15) is 37.1 Å². The lowest BCUT2D eigenvalue weighted by molar-refractivity contribution is 0.279. The number of hydrogen-bond donors (Lipinski definition) is 3. The molecule has 106 valence electrons. The quantitative estimate of drug-likeness (QED) is 0.546. The Kier molecular flexibility index (Phi) is 4.55. The van der Waals surface area contributed by atoms with Gasteiger partial charge < -0.3 is 15.4 Å². The summed E-state index contributed by atoms with van der Waals surface area (Å²) in [5, 5.41) is 8.99. The number of aryl methyl sites for hydroxylation is 1. The van der Waals surface area contributed by atoms with Crippen LogP contribution in [0, 0.1) is 13.8 Å². The van der Waals surface area contributed by atoms with E-state index in [2.05, 4.69) is 20.3 Å². The summed E-state index contributed by atoms with van der Waals surface area (Å²) in [5.41, 5.74) is 3.63. The highest BCUT2D eigenvalue weighted by Gasteiger charge is 2.27. The highest BCUT2D eigenvalue weighted by molar-refractivity contribution is 5.59. The number of rotatable bonds is 5. The first-order valence-corrected chi connectivity index (χ1v) is 6.86. The monoisotopic (exact) mass is 265 g/mol. The van der Waals surface area contributed by atoms with Crippen LogP contribution in [0.15, 0.2) is 0 Å². The second-order valence-corrected chi connectivity index (χ2v) is 5.07.